The number of carbonyl (C=O) groups is 1. The lowest BCUT2D eigenvalue weighted by Crippen LogP contribution is -2.30. The van der Waals surface area contributed by atoms with E-state index in [9.17, 15) is 4.79 Å². The molecule has 0 spiro atoms. The first-order chi connectivity index (χ1) is 19.3. The minimum Gasteiger partial charge on any atom is -0.493 e. The molecule has 1 unspecified atom stereocenters. The average molecular weight is 568 g/mol. The lowest BCUT2D eigenvalue weighted by Gasteiger charge is -2.23. The molecule has 40 heavy (non-hydrogen) atoms. The van der Waals surface area contributed by atoms with Crippen LogP contribution < -0.4 is 4.74 Å². The highest BCUT2D eigenvalue weighted by atomic mass is 32.2. The normalized spacial score (nSPS) is 15.3. The van der Waals surface area contributed by atoms with E-state index in [-0.39, 0.29) is 11.9 Å². The van der Waals surface area contributed by atoms with Crippen LogP contribution in [0.15, 0.2) is 90.0 Å². The number of nitrogens with zero attached hydrogens (tertiary/aromatic N) is 3. The number of thiocarbonyl (C=S) groups is 1. The Morgan fingerprint density at radius 1 is 1.00 bits per heavy atom. The third kappa shape index (κ3) is 6.06. The second-order valence-corrected chi connectivity index (χ2v) is 12.0. The molecule has 1 saturated heterocycles. The summed E-state index contributed by atoms with van der Waals surface area (Å²) in [6, 6.07) is 25.9. The molecule has 0 aliphatic carbocycles. The van der Waals surface area contributed by atoms with Crippen molar-refractivity contribution in [1.29, 1.82) is 0 Å². The Bertz CT molecular complexity index is 1540. The lowest BCUT2D eigenvalue weighted by atomic mass is 10.0. The van der Waals surface area contributed by atoms with Crippen LogP contribution in [0.1, 0.15) is 49.9 Å². The maximum Gasteiger partial charge on any atom is 0.266 e. The number of carbonyl (C=O) groups excluding carboxylic acids is 1. The zero-order chi connectivity index (χ0) is 28.2. The molecule has 1 amide bonds. The van der Waals surface area contributed by atoms with Crippen LogP contribution in [0, 0.1) is 12.8 Å². The van der Waals surface area contributed by atoms with Gasteiger partial charge in [-0.15, -0.1) is 0 Å². The number of aromatic nitrogens is 2. The highest BCUT2D eigenvalue weighted by Gasteiger charge is 2.36. The van der Waals surface area contributed by atoms with E-state index >= 15 is 0 Å². The van der Waals surface area contributed by atoms with Crippen molar-refractivity contribution in [2.75, 3.05) is 6.61 Å². The third-order valence-electron chi connectivity index (χ3n) is 6.94. The first-order valence-corrected chi connectivity index (χ1v) is 14.7. The van der Waals surface area contributed by atoms with Crippen LogP contribution in [-0.2, 0) is 4.79 Å². The summed E-state index contributed by atoms with van der Waals surface area (Å²) in [5.74, 6) is 1.38. The number of ether oxygens (including phenoxy) is 1. The Labute approximate surface area is 245 Å². The second kappa shape index (κ2) is 12.2. The number of rotatable bonds is 9. The molecule has 0 bridgehead atoms. The van der Waals surface area contributed by atoms with E-state index in [0.29, 0.717) is 21.8 Å². The lowest BCUT2D eigenvalue weighted by molar-refractivity contribution is -0.123. The molecule has 1 aliphatic rings. The molecule has 1 aromatic heterocycles. The van der Waals surface area contributed by atoms with E-state index in [1.807, 2.05) is 96.7 Å². The predicted octanol–water partition coefficient (Wildman–Crippen LogP) is 8.24. The van der Waals surface area contributed by atoms with Crippen molar-refractivity contribution < 1.29 is 9.53 Å². The van der Waals surface area contributed by atoms with Crippen LogP contribution in [0.5, 0.6) is 5.75 Å². The standard InChI is InChI=1S/C33H33N3O2S2/c1-22(2)17-18-38-29-16-15-26(19-23(29)3)31-27(21-35(34-31)28-13-9-6-10-14-28)20-30-32(37)36(33(39)40-30)24(4)25-11-7-5-8-12-25/h5-16,19-22,24H,17-18H2,1-4H3/b30-20-. The highest BCUT2D eigenvalue weighted by molar-refractivity contribution is 8.26. The summed E-state index contributed by atoms with van der Waals surface area (Å²) >= 11 is 7.01. The summed E-state index contributed by atoms with van der Waals surface area (Å²) in [7, 11) is 0. The van der Waals surface area contributed by atoms with E-state index in [1.165, 1.54) is 11.8 Å². The van der Waals surface area contributed by atoms with Crippen molar-refractivity contribution in [3.63, 3.8) is 0 Å². The van der Waals surface area contributed by atoms with Gasteiger partial charge in [0, 0.05) is 17.3 Å². The molecule has 2 heterocycles. The number of hydrogen-bond donors (Lipinski definition) is 0. The van der Waals surface area contributed by atoms with E-state index in [0.717, 1.165) is 45.8 Å². The van der Waals surface area contributed by atoms with Gasteiger partial charge in [0.2, 0.25) is 0 Å². The van der Waals surface area contributed by atoms with Gasteiger partial charge in [0.25, 0.3) is 5.91 Å². The number of thioether (sulfide) groups is 1. The highest BCUT2D eigenvalue weighted by Crippen LogP contribution is 2.39. The van der Waals surface area contributed by atoms with Crippen molar-refractivity contribution >= 4 is 40.3 Å². The van der Waals surface area contributed by atoms with Gasteiger partial charge in [0.1, 0.15) is 15.8 Å². The van der Waals surface area contributed by atoms with Gasteiger partial charge in [0.05, 0.1) is 23.2 Å². The number of aryl methyl sites for hydroxylation is 1. The van der Waals surface area contributed by atoms with Gasteiger partial charge in [-0.3, -0.25) is 9.69 Å². The SMILES string of the molecule is Cc1cc(-c2nn(-c3ccccc3)cc2/C=C2\SC(=S)N(C(C)c3ccccc3)C2=O)ccc1OCCC(C)C. The molecular formula is C33H33N3O2S2. The Balaban J connectivity index is 1.50. The number of amides is 1. The Kier molecular flexibility index (Phi) is 8.52. The largest absolute Gasteiger partial charge is 0.493 e. The molecule has 5 rings (SSSR count). The molecule has 5 nitrogen and oxygen atoms in total. The van der Waals surface area contributed by atoms with Crippen molar-refractivity contribution in [3.8, 4) is 22.7 Å². The fourth-order valence-electron chi connectivity index (χ4n) is 4.63. The smallest absolute Gasteiger partial charge is 0.266 e. The molecule has 3 aromatic carbocycles. The van der Waals surface area contributed by atoms with Crippen molar-refractivity contribution in [1.82, 2.24) is 14.7 Å². The Hall–Kier alpha value is -3.68. The average Bonchev–Trinajstić information content (AvgIpc) is 3.50. The number of para-hydroxylation sites is 1. The van der Waals surface area contributed by atoms with Crippen LogP contribution in [0.2, 0.25) is 0 Å². The molecule has 1 fully saturated rings. The summed E-state index contributed by atoms with van der Waals surface area (Å²) in [6.45, 7) is 9.14. The van der Waals surface area contributed by atoms with E-state index in [2.05, 4.69) is 26.8 Å². The van der Waals surface area contributed by atoms with Gasteiger partial charge in [-0.25, -0.2) is 4.68 Å². The van der Waals surface area contributed by atoms with Gasteiger partial charge < -0.3 is 4.74 Å². The van der Waals surface area contributed by atoms with Crippen LogP contribution in [0.3, 0.4) is 0 Å². The number of hydrogen-bond acceptors (Lipinski definition) is 5. The van der Waals surface area contributed by atoms with Crippen LogP contribution in [0.4, 0.5) is 0 Å². The van der Waals surface area contributed by atoms with Crippen LogP contribution >= 0.6 is 24.0 Å². The zero-order valence-corrected chi connectivity index (χ0v) is 24.8. The summed E-state index contributed by atoms with van der Waals surface area (Å²) in [5, 5.41) is 4.96. The van der Waals surface area contributed by atoms with Gasteiger partial charge >= 0.3 is 0 Å². The summed E-state index contributed by atoms with van der Waals surface area (Å²) in [6.07, 6.45) is 4.90. The Morgan fingerprint density at radius 3 is 2.38 bits per heavy atom. The maximum absolute atomic E-state index is 13.6. The summed E-state index contributed by atoms with van der Waals surface area (Å²) in [4.78, 5) is 15.9. The monoisotopic (exact) mass is 567 g/mol. The van der Waals surface area contributed by atoms with E-state index in [1.54, 1.807) is 4.90 Å². The van der Waals surface area contributed by atoms with E-state index < -0.39 is 0 Å². The quantitative estimate of drug-likeness (QED) is 0.151. The van der Waals surface area contributed by atoms with Crippen molar-refractivity contribution in [3.05, 3.63) is 107 Å². The predicted molar refractivity (Wildman–Crippen MR) is 169 cm³/mol. The van der Waals surface area contributed by atoms with Crippen LogP contribution in [0.25, 0.3) is 23.0 Å². The van der Waals surface area contributed by atoms with Gasteiger partial charge in [-0.1, -0.05) is 86.4 Å². The van der Waals surface area contributed by atoms with Gasteiger partial charge in [0.15, 0.2) is 0 Å². The van der Waals surface area contributed by atoms with Crippen molar-refractivity contribution in [2.24, 2.45) is 5.92 Å². The molecule has 204 valence electrons. The fraction of sp³-hybridized carbons (Fsp3) is 0.242. The van der Waals surface area contributed by atoms with Gasteiger partial charge in [-0.2, -0.15) is 5.10 Å². The minimum atomic E-state index is -0.156. The maximum atomic E-state index is 13.6. The van der Waals surface area contributed by atoms with Crippen molar-refractivity contribution in [2.45, 2.75) is 40.2 Å². The first-order valence-electron chi connectivity index (χ1n) is 13.5. The number of benzene rings is 3. The molecule has 0 saturated carbocycles. The first kappa shape index (κ1) is 27.9. The molecule has 7 heteroatoms. The topological polar surface area (TPSA) is 47.4 Å². The Morgan fingerprint density at radius 2 is 1.70 bits per heavy atom. The summed E-state index contributed by atoms with van der Waals surface area (Å²) < 4.78 is 8.46. The second-order valence-electron chi connectivity index (χ2n) is 10.4. The fourth-order valence-corrected chi connectivity index (χ4v) is 6.04. The molecule has 0 N–H and O–H groups in total. The summed E-state index contributed by atoms with van der Waals surface area (Å²) in [5.41, 5.74) is 5.64. The molecule has 1 aliphatic heterocycles. The third-order valence-corrected chi connectivity index (χ3v) is 8.27. The molecular weight excluding hydrogens is 535 g/mol. The molecule has 1 atom stereocenters. The molecule has 0 radical (unpaired) electrons. The minimum absolute atomic E-state index is 0.0881. The molecule has 4 aromatic rings. The van der Waals surface area contributed by atoms with Gasteiger partial charge in [-0.05, 0) is 73.7 Å². The zero-order valence-electron chi connectivity index (χ0n) is 23.2. The van der Waals surface area contributed by atoms with E-state index in [4.69, 9.17) is 22.1 Å². The van der Waals surface area contributed by atoms with Crippen LogP contribution in [-0.4, -0.2) is 31.5 Å².